The molecule has 2 N–H and O–H groups in total. The second kappa shape index (κ2) is 11.8. The van der Waals surface area contributed by atoms with Crippen molar-refractivity contribution in [3.05, 3.63) is 35.1 Å². The second-order valence-electron chi connectivity index (χ2n) is 9.39. The number of benzene rings is 1. The van der Waals surface area contributed by atoms with Crippen molar-refractivity contribution in [2.24, 2.45) is 10.4 Å². The molecule has 0 bridgehead atoms. The molecule has 6 nitrogen and oxygen atoms in total. The van der Waals surface area contributed by atoms with E-state index in [0.717, 1.165) is 56.5 Å². The Kier molecular flexibility index (Phi) is 9.11. The van der Waals surface area contributed by atoms with Gasteiger partial charge >= 0.3 is 0 Å². The molecule has 0 amide bonds. The predicted octanol–water partition coefficient (Wildman–Crippen LogP) is 2.83. The van der Waals surface area contributed by atoms with Crippen LogP contribution in [0.4, 0.5) is 4.39 Å². The van der Waals surface area contributed by atoms with Crippen LogP contribution in [0.25, 0.3) is 0 Å². The van der Waals surface area contributed by atoms with Gasteiger partial charge in [-0.05, 0) is 44.6 Å². The molecule has 0 radical (unpaired) electrons. The van der Waals surface area contributed by atoms with Gasteiger partial charge in [-0.15, -0.1) is 0 Å². The minimum atomic E-state index is -0.151. The van der Waals surface area contributed by atoms with Crippen LogP contribution in [0.5, 0.6) is 0 Å². The van der Waals surface area contributed by atoms with E-state index in [-0.39, 0.29) is 5.82 Å². The van der Waals surface area contributed by atoms with Crippen molar-refractivity contribution < 1.29 is 9.13 Å². The zero-order valence-electron chi connectivity index (χ0n) is 19.6. The summed E-state index contributed by atoms with van der Waals surface area (Å²) in [5.74, 6) is 0.660. The summed E-state index contributed by atoms with van der Waals surface area (Å²) >= 11 is 0. The van der Waals surface area contributed by atoms with Crippen molar-refractivity contribution in [3.8, 4) is 0 Å². The molecule has 3 rings (SSSR count). The van der Waals surface area contributed by atoms with Crippen molar-refractivity contribution in [1.29, 1.82) is 0 Å². The maximum atomic E-state index is 14.1. The molecule has 1 aromatic carbocycles. The number of nitrogens with zero attached hydrogens (tertiary/aromatic N) is 3. The Hall–Kier alpha value is -1.70. The van der Waals surface area contributed by atoms with Gasteiger partial charge in [0, 0.05) is 57.3 Å². The summed E-state index contributed by atoms with van der Waals surface area (Å²) in [5.41, 5.74) is 2.07. The monoisotopic (exact) mass is 433 g/mol. The Morgan fingerprint density at radius 3 is 2.58 bits per heavy atom. The molecule has 7 heteroatoms. The summed E-state index contributed by atoms with van der Waals surface area (Å²) < 4.78 is 19.6. The number of rotatable bonds is 8. The summed E-state index contributed by atoms with van der Waals surface area (Å²) in [7, 11) is 5.72. The van der Waals surface area contributed by atoms with Crippen molar-refractivity contribution >= 4 is 5.96 Å². The van der Waals surface area contributed by atoms with E-state index >= 15 is 0 Å². The molecule has 1 aliphatic heterocycles. The average molecular weight is 434 g/mol. The minimum Gasteiger partial charge on any atom is -0.379 e. The Balaban J connectivity index is 1.55. The third kappa shape index (κ3) is 7.44. The Bertz CT molecular complexity index is 712. The van der Waals surface area contributed by atoms with Crippen LogP contribution in [0, 0.1) is 11.2 Å². The van der Waals surface area contributed by atoms with E-state index in [2.05, 4.69) is 20.5 Å². The molecule has 0 aromatic heterocycles. The number of hydrogen-bond acceptors (Lipinski definition) is 4. The predicted molar refractivity (Wildman–Crippen MR) is 125 cm³/mol. The largest absolute Gasteiger partial charge is 0.379 e. The van der Waals surface area contributed by atoms with Gasteiger partial charge in [-0.25, -0.2) is 4.39 Å². The molecule has 174 valence electrons. The highest BCUT2D eigenvalue weighted by atomic mass is 19.1. The molecule has 31 heavy (non-hydrogen) atoms. The zero-order chi connectivity index (χ0) is 22.1. The lowest BCUT2D eigenvalue weighted by Crippen LogP contribution is -2.51. The van der Waals surface area contributed by atoms with E-state index < -0.39 is 0 Å². The number of hydrogen-bond donors (Lipinski definition) is 2. The first-order valence-electron chi connectivity index (χ1n) is 11.7. The van der Waals surface area contributed by atoms with E-state index in [9.17, 15) is 4.39 Å². The van der Waals surface area contributed by atoms with Gasteiger partial charge in [-0.3, -0.25) is 9.89 Å². The highest BCUT2D eigenvalue weighted by molar-refractivity contribution is 5.79. The van der Waals surface area contributed by atoms with E-state index in [1.165, 1.54) is 32.1 Å². The van der Waals surface area contributed by atoms with Crippen LogP contribution >= 0.6 is 0 Å². The molecular weight excluding hydrogens is 393 g/mol. The van der Waals surface area contributed by atoms with E-state index in [4.69, 9.17) is 4.74 Å². The van der Waals surface area contributed by atoms with Crippen LogP contribution in [0.1, 0.15) is 43.2 Å². The number of guanidine groups is 1. The minimum absolute atomic E-state index is 0.151. The topological polar surface area (TPSA) is 52.1 Å². The number of morpholine rings is 1. The summed E-state index contributed by atoms with van der Waals surface area (Å²) in [6.45, 7) is 7.04. The van der Waals surface area contributed by atoms with Crippen LogP contribution in [-0.4, -0.2) is 76.3 Å². The van der Waals surface area contributed by atoms with Gasteiger partial charge in [0.05, 0.1) is 13.2 Å². The van der Waals surface area contributed by atoms with Crippen molar-refractivity contribution in [1.82, 2.24) is 20.4 Å². The van der Waals surface area contributed by atoms with Crippen LogP contribution in [0.3, 0.4) is 0 Å². The zero-order valence-corrected chi connectivity index (χ0v) is 19.6. The third-order valence-corrected chi connectivity index (χ3v) is 6.49. The van der Waals surface area contributed by atoms with Crippen molar-refractivity contribution in [2.75, 3.05) is 60.5 Å². The molecule has 0 spiro atoms. The molecule has 0 atom stereocenters. The maximum absolute atomic E-state index is 14.1. The van der Waals surface area contributed by atoms with Crippen molar-refractivity contribution in [2.45, 2.75) is 45.2 Å². The standard InChI is InChI=1S/C24H40FN5O/c1-26-23(27-16-20-7-8-22(25)21(15-20)17-29(2)3)28-18-24(9-5-4-6-10-24)19-30-11-13-31-14-12-30/h7-8,15H,4-6,9-14,16-19H2,1-3H3,(H2,26,27,28). The number of nitrogens with one attached hydrogen (secondary N) is 2. The van der Waals surface area contributed by atoms with Crippen LogP contribution in [-0.2, 0) is 17.8 Å². The van der Waals surface area contributed by atoms with E-state index in [0.29, 0.717) is 18.5 Å². The smallest absolute Gasteiger partial charge is 0.191 e. The highest BCUT2D eigenvalue weighted by Gasteiger charge is 2.34. The lowest BCUT2D eigenvalue weighted by atomic mass is 9.73. The van der Waals surface area contributed by atoms with E-state index in [1.807, 2.05) is 38.2 Å². The van der Waals surface area contributed by atoms with Gasteiger partial charge in [-0.2, -0.15) is 0 Å². The van der Waals surface area contributed by atoms with Gasteiger partial charge < -0.3 is 20.3 Å². The quantitative estimate of drug-likeness (QED) is 0.488. The molecule has 0 unspecified atom stereocenters. The maximum Gasteiger partial charge on any atom is 0.191 e. The average Bonchev–Trinajstić information content (AvgIpc) is 2.77. The SMILES string of the molecule is CN=C(NCc1ccc(F)c(CN(C)C)c1)NCC1(CN2CCOCC2)CCCCC1. The Labute approximate surface area is 187 Å². The fourth-order valence-corrected chi connectivity index (χ4v) is 4.80. The molecule has 1 saturated carbocycles. The first kappa shape index (κ1) is 24.0. The highest BCUT2D eigenvalue weighted by Crippen LogP contribution is 2.36. The fraction of sp³-hybridized carbons (Fsp3) is 0.708. The number of halogens is 1. The van der Waals surface area contributed by atoms with E-state index in [1.54, 1.807) is 6.07 Å². The number of aliphatic imine (C=N–C) groups is 1. The molecular formula is C24H40FN5O. The van der Waals surface area contributed by atoms with Gasteiger partial charge in [0.1, 0.15) is 5.82 Å². The van der Waals surface area contributed by atoms with Gasteiger partial charge in [-0.1, -0.05) is 25.3 Å². The third-order valence-electron chi connectivity index (χ3n) is 6.49. The summed E-state index contributed by atoms with van der Waals surface area (Å²) in [5, 5.41) is 7.01. The first-order chi connectivity index (χ1) is 15.0. The molecule has 1 heterocycles. The van der Waals surface area contributed by atoms with Gasteiger partial charge in [0.15, 0.2) is 5.96 Å². The lowest BCUT2D eigenvalue weighted by molar-refractivity contribution is 0.00820. The fourth-order valence-electron chi connectivity index (χ4n) is 4.80. The molecule has 2 fully saturated rings. The summed E-state index contributed by atoms with van der Waals surface area (Å²) in [6.07, 6.45) is 6.49. The van der Waals surface area contributed by atoms with Crippen molar-refractivity contribution in [3.63, 3.8) is 0 Å². The molecule has 2 aliphatic rings. The molecule has 1 saturated heterocycles. The first-order valence-corrected chi connectivity index (χ1v) is 11.7. The number of ether oxygens (including phenoxy) is 1. The van der Waals surface area contributed by atoms with Crippen LogP contribution in [0.15, 0.2) is 23.2 Å². The summed E-state index contributed by atoms with van der Waals surface area (Å²) in [4.78, 5) is 8.98. The molecule has 1 aromatic rings. The normalized spacial score (nSPS) is 20.1. The van der Waals surface area contributed by atoms with Crippen LogP contribution < -0.4 is 10.6 Å². The van der Waals surface area contributed by atoms with Gasteiger partial charge in [0.2, 0.25) is 0 Å². The molecule has 1 aliphatic carbocycles. The van der Waals surface area contributed by atoms with Crippen LogP contribution in [0.2, 0.25) is 0 Å². The Morgan fingerprint density at radius 1 is 1.16 bits per heavy atom. The second-order valence-corrected chi connectivity index (χ2v) is 9.39. The van der Waals surface area contributed by atoms with Gasteiger partial charge in [0.25, 0.3) is 0 Å². The Morgan fingerprint density at radius 2 is 1.90 bits per heavy atom. The summed E-state index contributed by atoms with van der Waals surface area (Å²) in [6, 6.07) is 5.35. The lowest BCUT2D eigenvalue weighted by Gasteiger charge is -2.42.